The lowest BCUT2D eigenvalue weighted by atomic mass is 9.96. The molecule has 3 aliphatic rings. The van der Waals surface area contributed by atoms with E-state index >= 15 is 0 Å². The molecule has 0 aliphatic carbocycles. The second-order valence-electron chi connectivity index (χ2n) is 9.47. The van der Waals surface area contributed by atoms with E-state index in [4.69, 9.17) is 0 Å². The second-order valence-corrected chi connectivity index (χ2v) is 11.8. The third-order valence-corrected chi connectivity index (χ3v) is 8.82. The number of urea groups is 1. The zero-order chi connectivity index (χ0) is 24.6. The Hall–Kier alpha value is -3.20. The van der Waals surface area contributed by atoms with Crippen LogP contribution < -0.4 is 5.32 Å². The van der Waals surface area contributed by atoms with Crippen LogP contribution in [0.2, 0.25) is 0 Å². The van der Waals surface area contributed by atoms with Crippen molar-refractivity contribution in [2.24, 2.45) is 5.92 Å². The summed E-state index contributed by atoms with van der Waals surface area (Å²) in [6.07, 6.45) is 3.61. The van der Waals surface area contributed by atoms with E-state index in [2.05, 4.69) is 11.4 Å². The van der Waals surface area contributed by atoms with E-state index in [1.807, 2.05) is 29.2 Å². The summed E-state index contributed by atoms with van der Waals surface area (Å²) in [7, 11) is -2.98. The van der Waals surface area contributed by atoms with Gasteiger partial charge in [-0.2, -0.15) is 0 Å². The summed E-state index contributed by atoms with van der Waals surface area (Å²) in [6, 6.07) is 12.0. The minimum absolute atomic E-state index is 0.0556. The molecule has 0 unspecified atom stereocenters. The molecule has 0 radical (unpaired) electrons. The number of carbonyl (C=O) groups excluding carboxylic acids is 2. The van der Waals surface area contributed by atoms with Crippen molar-refractivity contribution in [1.82, 2.24) is 9.80 Å². The van der Waals surface area contributed by atoms with Crippen LogP contribution in [-0.2, 0) is 27.7 Å². The smallest absolute Gasteiger partial charge is 0.322 e. The molecular formula is C26H28FN3O4S. The minimum Gasteiger partial charge on any atom is -0.338 e. The number of carbonyl (C=O) groups is 2. The molecule has 1 saturated heterocycles. The van der Waals surface area contributed by atoms with Crippen molar-refractivity contribution in [2.45, 2.75) is 32.4 Å². The molecule has 184 valence electrons. The van der Waals surface area contributed by atoms with Gasteiger partial charge in [0.15, 0.2) is 0 Å². The average molecular weight is 498 g/mol. The molecule has 3 amide bonds. The van der Waals surface area contributed by atoms with Crippen LogP contribution in [0.15, 0.2) is 48.5 Å². The lowest BCUT2D eigenvalue weighted by Crippen LogP contribution is -2.41. The molecule has 3 heterocycles. The molecule has 35 heavy (non-hydrogen) atoms. The van der Waals surface area contributed by atoms with Crippen molar-refractivity contribution in [3.63, 3.8) is 0 Å². The summed E-state index contributed by atoms with van der Waals surface area (Å²) in [6.45, 7) is 1.97. The molecule has 5 rings (SSSR count). The molecule has 9 heteroatoms. The van der Waals surface area contributed by atoms with E-state index in [-0.39, 0.29) is 35.2 Å². The SMILES string of the molecule is O=C(Nc1ccc(C2=CCN(C(=O)C3CCS(=O)(=O)CC3)CC2)cc1)N1Cc2ccc(F)cc2C1. The number of anilines is 1. The van der Waals surface area contributed by atoms with Gasteiger partial charge in [-0.05, 0) is 65.8 Å². The quantitative estimate of drug-likeness (QED) is 0.699. The molecule has 1 fully saturated rings. The fourth-order valence-corrected chi connectivity index (χ4v) is 6.49. The van der Waals surface area contributed by atoms with Crippen molar-refractivity contribution in [3.8, 4) is 0 Å². The summed E-state index contributed by atoms with van der Waals surface area (Å²) in [5.41, 5.74) is 4.67. The Labute approximate surface area is 204 Å². The highest BCUT2D eigenvalue weighted by molar-refractivity contribution is 7.91. The zero-order valence-corrected chi connectivity index (χ0v) is 20.2. The van der Waals surface area contributed by atoms with Gasteiger partial charge in [0.05, 0.1) is 11.5 Å². The van der Waals surface area contributed by atoms with Crippen LogP contribution in [0, 0.1) is 11.7 Å². The summed E-state index contributed by atoms with van der Waals surface area (Å²) in [5.74, 6) is -0.232. The molecule has 0 aromatic heterocycles. The summed E-state index contributed by atoms with van der Waals surface area (Å²) in [4.78, 5) is 28.9. The first kappa shape index (κ1) is 23.5. The molecule has 2 aromatic rings. The predicted octanol–water partition coefficient (Wildman–Crippen LogP) is 3.81. The third-order valence-electron chi connectivity index (χ3n) is 7.11. The number of nitrogens with zero attached hydrogens (tertiary/aromatic N) is 2. The van der Waals surface area contributed by atoms with Gasteiger partial charge in [-0.1, -0.05) is 24.3 Å². The van der Waals surface area contributed by atoms with E-state index < -0.39 is 9.84 Å². The highest BCUT2D eigenvalue weighted by Crippen LogP contribution is 2.28. The first-order valence-corrected chi connectivity index (χ1v) is 13.7. The van der Waals surface area contributed by atoms with Gasteiger partial charge in [0.25, 0.3) is 0 Å². The fraction of sp³-hybridized carbons (Fsp3) is 0.385. The van der Waals surface area contributed by atoms with E-state index in [1.54, 1.807) is 11.0 Å². The standard InChI is InChI=1S/C26H28FN3O4S/c27-23-4-1-21-16-30(17-22(21)15-23)26(32)28-24-5-2-18(3-6-24)19-7-11-29(12-8-19)25(31)20-9-13-35(33,34)14-10-20/h1-7,15,20H,8-14,16-17H2,(H,28,32). The van der Waals surface area contributed by atoms with Crippen LogP contribution in [0.3, 0.4) is 0 Å². The van der Waals surface area contributed by atoms with Crippen LogP contribution in [0.4, 0.5) is 14.9 Å². The van der Waals surface area contributed by atoms with Gasteiger partial charge < -0.3 is 15.1 Å². The van der Waals surface area contributed by atoms with Crippen molar-refractivity contribution >= 4 is 33.0 Å². The number of hydrogen-bond donors (Lipinski definition) is 1. The van der Waals surface area contributed by atoms with Crippen molar-refractivity contribution in [3.05, 3.63) is 71.0 Å². The monoisotopic (exact) mass is 497 g/mol. The Bertz CT molecular complexity index is 1280. The van der Waals surface area contributed by atoms with Crippen LogP contribution in [-0.4, -0.2) is 54.8 Å². The van der Waals surface area contributed by atoms with Crippen molar-refractivity contribution < 1.29 is 22.4 Å². The van der Waals surface area contributed by atoms with Gasteiger partial charge in [-0.25, -0.2) is 17.6 Å². The van der Waals surface area contributed by atoms with Gasteiger partial charge >= 0.3 is 6.03 Å². The Balaban J connectivity index is 1.15. The van der Waals surface area contributed by atoms with E-state index in [1.165, 1.54) is 12.1 Å². The molecule has 1 N–H and O–H groups in total. The first-order valence-electron chi connectivity index (χ1n) is 11.9. The molecule has 2 aromatic carbocycles. The van der Waals surface area contributed by atoms with Gasteiger partial charge in [0.1, 0.15) is 15.7 Å². The maximum absolute atomic E-state index is 13.4. The minimum atomic E-state index is -2.98. The molecule has 0 atom stereocenters. The number of rotatable bonds is 3. The van der Waals surface area contributed by atoms with Crippen LogP contribution >= 0.6 is 0 Å². The predicted molar refractivity (Wildman–Crippen MR) is 132 cm³/mol. The third kappa shape index (κ3) is 5.24. The van der Waals surface area contributed by atoms with Crippen LogP contribution in [0.1, 0.15) is 36.0 Å². The zero-order valence-electron chi connectivity index (χ0n) is 19.4. The van der Waals surface area contributed by atoms with Crippen molar-refractivity contribution in [1.29, 1.82) is 0 Å². The number of fused-ring (bicyclic) bond motifs is 1. The van der Waals surface area contributed by atoms with Gasteiger partial charge in [-0.3, -0.25) is 4.79 Å². The first-order chi connectivity index (χ1) is 16.8. The van der Waals surface area contributed by atoms with E-state index in [0.29, 0.717) is 44.7 Å². The molecule has 7 nitrogen and oxygen atoms in total. The van der Waals surface area contributed by atoms with Crippen molar-refractivity contribution in [2.75, 3.05) is 29.9 Å². The van der Waals surface area contributed by atoms with Gasteiger partial charge in [0.2, 0.25) is 5.91 Å². The van der Waals surface area contributed by atoms with Gasteiger partial charge in [0, 0.05) is 37.8 Å². The Morgan fingerprint density at radius 1 is 0.943 bits per heavy atom. The van der Waals surface area contributed by atoms with Gasteiger partial charge in [-0.15, -0.1) is 0 Å². The molecule has 0 spiro atoms. The second kappa shape index (κ2) is 9.45. The number of sulfone groups is 1. The number of nitrogens with one attached hydrogen (secondary N) is 1. The highest BCUT2D eigenvalue weighted by Gasteiger charge is 2.32. The lowest BCUT2D eigenvalue weighted by molar-refractivity contribution is -0.135. The highest BCUT2D eigenvalue weighted by atomic mass is 32.2. The topological polar surface area (TPSA) is 86.8 Å². The van der Waals surface area contributed by atoms with Crippen LogP contribution in [0.25, 0.3) is 5.57 Å². The Kier molecular flexibility index (Phi) is 6.35. The number of amides is 3. The number of benzene rings is 2. The molecule has 0 saturated carbocycles. The van der Waals surface area contributed by atoms with Crippen LogP contribution in [0.5, 0.6) is 0 Å². The van der Waals surface area contributed by atoms with E-state index in [0.717, 1.165) is 28.7 Å². The largest absolute Gasteiger partial charge is 0.338 e. The van der Waals surface area contributed by atoms with E-state index in [9.17, 15) is 22.4 Å². The lowest BCUT2D eigenvalue weighted by Gasteiger charge is -2.31. The average Bonchev–Trinajstić information content (AvgIpc) is 3.28. The number of halogens is 1. The summed E-state index contributed by atoms with van der Waals surface area (Å²) >= 11 is 0. The Morgan fingerprint density at radius 2 is 1.66 bits per heavy atom. The Morgan fingerprint density at radius 3 is 2.34 bits per heavy atom. The maximum atomic E-state index is 13.4. The number of hydrogen-bond acceptors (Lipinski definition) is 4. The molecule has 3 aliphatic heterocycles. The fourth-order valence-electron chi connectivity index (χ4n) is 5.00. The molecule has 0 bridgehead atoms. The summed E-state index contributed by atoms with van der Waals surface area (Å²) < 4.78 is 36.7. The normalized spacial score (nSPS) is 19.7. The molecular weight excluding hydrogens is 469 g/mol. The summed E-state index contributed by atoms with van der Waals surface area (Å²) in [5, 5.41) is 2.91. The maximum Gasteiger partial charge on any atom is 0.322 e.